The minimum absolute atomic E-state index is 0.721. The summed E-state index contributed by atoms with van der Waals surface area (Å²) in [6.45, 7) is 8.60. The van der Waals surface area contributed by atoms with E-state index in [2.05, 4.69) is 118 Å². The molecule has 5 aromatic rings. The van der Waals surface area contributed by atoms with Gasteiger partial charge in [-0.3, -0.25) is 0 Å². The van der Waals surface area contributed by atoms with E-state index in [1.54, 1.807) is 0 Å². The smallest absolute Gasteiger partial charge is 0.114 e. The highest BCUT2D eigenvalue weighted by atomic mass is 31.1. The van der Waals surface area contributed by atoms with Gasteiger partial charge in [0.2, 0.25) is 0 Å². The second-order valence-corrected chi connectivity index (χ2v) is 10.8. The molecule has 0 fully saturated rings. The Labute approximate surface area is 197 Å². The van der Waals surface area contributed by atoms with Gasteiger partial charge in [-0.25, -0.2) is 4.99 Å². The third kappa shape index (κ3) is 4.32. The summed E-state index contributed by atoms with van der Waals surface area (Å²) in [5, 5.41) is 9.35. The lowest BCUT2D eigenvalue weighted by molar-refractivity contribution is 1.25. The zero-order valence-corrected chi connectivity index (χ0v) is 20.6. The zero-order chi connectivity index (χ0) is 22.9. The number of hydrogen-bond acceptors (Lipinski definition) is 1. The third-order valence-corrected chi connectivity index (χ3v) is 8.42. The van der Waals surface area contributed by atoms with Gasteiger partial charge >= 0.3 is 0 Å². The maximum Gasteiger partial charge on any atom is 0.114 e. The van der Waals surface area contributed by atoms with Crippen LogP contribution in [0.25, 0.3) is 21.0 Å². The summed E-state index contributed by atoms with van der Waals surface area (Å²) >= 11 is 0. The van der Waals surface area contributed by atoms with Crippen molar-refractivity contribution in [2.75, 3.05) is 5.09 Å². The predicted octanol–water partition coefficient (Wildman–Crippen LogP) is 8.73. The number of amidine groups is 1. The van der Waals surface area contributed by atoms with Crippen LogP contribution in [0.15, 0.2) is 89.9 Å². The monoisotopic (exact) mass is 448 g/mol. The molecule has 0 unspecified atom stereocenters. The van der Waals surface area contributed by atoms with Gasteiger partial charge < -0.3 is 5.09 Å². The van der Waals surface area contributed by atoms with Crippen LogP contribution in [0.5, 0.6) is 0 Å². The summed E-state index contributed by atoms with van der Waals surface area (Å²) in [5.74, 6) is 1.02. The normalized spacial score (nSPS) is 11.9. The quantitative estimate of drug-likeness (QED) is 0.216. The van der Waals surface area contributed by atoms with Gasteiger partial charge in [-0.1, -0.05) is 83.9 Å². The van der Waals surface area contributed by atoms with Gasteiger partial charge in [0.15, 0.2) is 0 Å². The number of rotatable bonds is 4. The molecule has 164 valence electrons. The molecule has 1 aromatic heterocycles. The topological polar surface area (TPSA) is 24.4 Å². The second kappa shape index (κ2) is 8.89. The molecule has 2 nitrogen and oxygen atoms in total. The molecule has 0 aliphatic heterocycles. The van der Waals surface area contributed by atoms with E-state index in [0.29, 0.717) is 0 Å². The first kappa shape index (κ1) is 21.5. The number of nitrogens with one attached hydrogen (secondary N) is 1. The molecule has 0 radical (unpaired) electrons. The molecule has 0 aliphatic rings. The maximum absolute atomic E-state index is 5.25. The number of nitrogens with zero attached hydrogens (tertiary/aromatic N) is 1. The van der Waals surface area contributed by atoms with Gasteiger partial charge in [0.25, 0.3) is 0 Å². The van der Waals surface area contributed by atoms with Crippen LogP contribution in [0.1, 0.15) is 27.8 Å². The van der Waals surface area contributed by atoms with Crippen LogP contribution in [-0.4, -0.2) is 5.84 Å². The highest BCUT2D eigenvalue weighted by Gasteiger charge is 2.14. The van der Waals surface area contributed by atoms with Gasteiger partial charge in [-0.2, -0.15) is 0 Å². The van der Waals surface area contributed by atoms with E-state index in [1.165, 1.54) is 48.8 Å². The summed E-state index contributed by atoms with van der Waals surface area (Å²) < 4.78 is 0. The summed E-state index contributed by atoms with van der Waals surface area (Å²) in [6.07, 6.45) is 0.774. The molecule has 0 spiro atoms. The fourth-order valence-corrected chi connectivity index (χ4v) is 6.89. The Morgan fingerprint density at radius 3 is 1.82 bits per heavy atom. The lowest BCUT2D eigenvalue weighted by atomic mass is 10.1. The minimum atomic E-state index is -0.721. The van der Waals surface area contributed by atoms with Gasteiger partial charge in [-0.15, -0.1) is 0 Å². The van der Waals surface area contributed by atoms with Gasteiger partial charge in [0, 0.05) is 16.7 Å². The Bertz CT molecular complexity index is 1410. The van der Waals surface area contributed by atoms with E-state index >= 15 is 0 Å². The van der Waals surface area contributed by atoms with Crippen LogP contribution in [0, 0.1) is 27.7 Å². The number of benzene rings is 4. The molecular weight excluding hydrogens is 419 g/mol. The van der Waals surface area contributed by atoms with E-state index in [1.807, 2.05) is 0 Å². The molecule has 33 heavy (non-hydrogen) atoms. The molecule has 1 N–H and O–H groups in total. The van der Waals surface area contributed by atoms with Gasteiger partial charge in [0.05, 0.1) is 5.69 Å². The lowest BCUT2D eigenvalue weighted by Gasteiger charge is -2.14. The summed E-state index contributed by atoms with van der Waals surface area (Å²) in [6, 6.07) is 30.8. The Hall–Kier alpha value is -3.35. The number of fused-ring (bicyclic) bond motifs is 3. The van der Waals surface area contributed by atoms with E-state index in [-0.39, 0.29) is 0 Å². The van der Waals surface area contributed by atoms with Crippen molar-refractivity contribution in [2.24, 2.45) is 4.99 Å². The Morgan fingerprint density at radius 2 is 1.24 bits per heavy atom. The SMILES string of the molecule is Cc1ccc(CC(=Nc2c(C)cc(C)cc2C)Np2c3ccccc3c3ccccc32)cc1. The first-order chi connectivity index (χ1) is 16.0. The molecule has 1 heterocycles. The molecule has 0 saturated heterocycles. The fourth-order valence-electron chi connectivity index (χ4n) is 4.66. The highest BCUT2D eigenvalue weighted by molar-refractivity contribution is 7.63. The minimum Gasteiger partial charge on any atom is -0.329 e. The fraction of sp³-hybridized carbons (Fsp3) is 0.167. The Kier molecular flexibility index (Phi) is 5.79. The van der Waals surface area contributed by atoms with Crippen molar-refractivity contribution in [3.8, 4) is 0 Å². The van der Waals surface area contributed by atoms with Crippen molar-refractivity contribution in [3.05, 3.63) is 113 Å². The van der Waals surface area contributed by atoms with Crippen LogP contribution in [0.2, 0.25) is 0 Å². The van der Waals surface area contributed by atoms with Crippen LogP contribution in [-0.2, 0) is 6.42 Å². The van der Waals surface area contributed by atoms with Crippen molar-refractivity contribution in [1.29, 1.82) is 0 Å². The predicted molar refractivity (Wildman–Crippen MR) is 146 cm³/mol. The lowest BCUT2D eigenvalue weighted by Crippen LogP contribution is -2.13. The highest BCUT2D eigenvalue weighted by Crippen LogP contribution is 2.47. The van der Waals surface area contributed by atoms with E-state index in [0.717, 1.165) is 17.9 Å². The largest absolute Gasteiger partial charge is 0.329 e. The Morgan fingerprint density at radius 1 is 0.697 bits per heavy atom. The number of aliphatic imine (C=N–C) groups is 1. The zero-order valence-electron chi connectivity index (χ0n) is 19.7. The van der Waals surface area contributed by atoms with Crippen LogP contribution >= 0.6 is 7.68 Å². The average molecular weight is 449 g/mol. The van der Waals surface area contributed by atoms with Crippen molar-refractivity contribution >= 4 is 40.2 Å². The van der Waals surface area contributed by atoms with Crippen molar-refractivity contribution < 1.29 is 0 Å². The molecule has 4 aromatic carbocycles. The summed E-state index contributed by atoms with van der Waals surface area (Å²) in [4.78, 5) is 5.25. The Balaban J connectivity index is 1.66. The van der Waals surface area contributed by atoms with Gasteiger partial charge in [0.1, 0.15) is 5.84 Å². The van der Waals surface area contributed by atoms with Gasteiger partial charge in [-0.05, 0) is 75.0 Å². The first-order valence-corrected chi connectivity index (χ1v) is 12.8. The van der Waals surface area contributed by atoms with Crippen LogP contribution in [0.3, 0.4) is 0 Å². The summed E-state index contributed by atoms with van der Waals surface area (Å²) in [7, 11) is -0.721. The van der Waals surface area contributed by atoms with Crippen LogP contribution in [0.4, 0.5) is 5.69 Å². The molecule has 0 aliphatic carbocycles. The number of hydrogen-bond donors (Lipinski definition) is 1. The van der Waals surface area contributed by atoms with E-state index in [9.17, 15) is 0 Å². The molecule has 0 saturated carbocycles. The van der Waals surface area contributed by atoms with E-state index < -0.39 is 7.68 Å². The second-order valence-electron chi connectivity index (χ2n) is 8.95. The molecule has 0 bridgehead atoms. The van der Waals surface area contributed by atoms with Crippen molar-refractivity contribution in [2.45, 2.75) is 34.1 Å². The average Bonchev–Trinajstić information content (AvgIpc) is 3.11. The first-order valence-electron chi connectivity index (χ1n) is 11.5. The molecule has 0 atom stereocenters. The number of aryl methyl sites for hydroxylation is 4. The maximum atomic E-state index is 5.25. The third-order valence-electron chi connectivity index (χ3n) is 6.20. The molecule has 3 heteroatoms. The molecule has 0 amide bonds. The van der Waals surface area contributed by atoms with Crippen molar-refractivity contribution in [3.63, 3.8) is 0 Å². The summed E-state index contributed by atoms with van der Waals surface area (Å²) in [5.41, 5.74) is 7.33. The molecule has 5 rings (SSSR count). The van der Waals surface area contributed by atoms with Crippen LogP contribution < -0.4 is 5.09 Å². The van der Waals surface area contributed by atoms with E-state index in [4.69, 9.17) is 4.99 Å². The standard InChI is InChI=1S/C30H29N2P/c1-20-13-15-24(16-14-20)19-29(31-30-22(3)17-21(2)18-23(30)4)32-33-27-11-7-5-9-25(27)26-10-6-8-12-28(26)33/h5-18H,19H2,1-4H3,(H,31,32). The van der Waals surface area contributed by atoms with Crippen molar-refractivity contribution in [1.82, 2.24) is 0 Å². The molecular formula is C30H29N2P.